The highest BCUT2D eigenvalue weighted by atomic mass is 19.4. The number of rotatable bonds is 3. The second kappa shape index (κ2) is 4.78. The highest BCUT2D eigenvalue weighted by molar-refractivity contribution is 5.73. The van der Waals surface area contributed by atoms with Crippen molar-refractivity contribution in [2.75, 3.05) is 0 Å². The number of pyridine rings is 1. The largest absolute Gasteiger partial charge is 0.479 e. The average molecular weight is 267 g/mol. The van der Waals surface area contributed by atoms with Gasteiger partial charge in [0.25, 0.3) is 5.56 Å². The molecule has 0 aliphatic heterocycles. The third-order valence-corrected chi connectivity index (χ3v) is 2.12. The molecule has 18 heavy (non-hydrogen) atoms. The Kier molecular flexibility index (Phi) is 3.77. The van der Waals surface area contributed by atoms with Gasteiger partial charge in [-0.05, 0) is 6.07 Å². The van der Waals surface area contributed by atoms with Crippen molar-refractivity contribution in [3.63, 3.8) is 0 Å². The molecule has 100 valence electrons. The molecule has 0 aromatic carbocycles. The summed E-state index contributed by atoms with van der Waals surface area (Å²) in [6, 6.07) is 0.287. The Balaban J connectivity index is 3.21. The number of carboxylic acids is 1. The third-order valence-electron chi connectivity index (χ3n) is 2.12. The number of carbonyl (C=O) groups is 1. The van der Waals surface area contributed by atoms with E-state index in [2.05, 4.69) is 0 Å². The molecule has 1 aromatic rings. The predicted molar refractivity (Wildman–Crippen MR) is 50.7 cm³/mol. The minimum atomic E-state index is -4.95. The van der Waals surface area contributed by atoms with E-state index in [9.17, 15) is 27.9 Å². The van der Waals surface area contributed by atoms with Gasteiger partial charge in [0, 0.05) is 11.8 Å². The van der Waals surface area contributed by atoms with Crippen LogP contribution >= 0.6 is 0 Å². The van der Waals surface area contributed by atoms with E-state index in [1.807, 2.05) is 0 Å². The second-order valence-electron chi connectivity index (χ2n) is 3.40. The zero-order chi connectivity index (χ0) is 14.1. The average Bonchev–Trinajstić information content (AvgIpc) is 2.26. The molecule has 2 unspecified atom stereocenters. The first-order valence-electron chi connectivity index (χ1n) is 4.53. The summed E-state index contributed by atoms with van der Waals surface area (Å²) in [5.41, 5.74) is -3.57. The van der Waals surface area contributed by atoms with E-state index < -0.39 is 41.0 Å². The van der Waals surface area contributed by atoms with Gasteiger partial charge < -0.3 is 20.3 Å². The van der Waals surface area contributed by atoms with Gasteiger partial charge in [-0.2, -0.15) is 13.2 Å². The first-order chi connectivity index (χ1) is 8.14. The minimum Gasteiger partial charge on any atom is -0.479 e. The van der Waals surface area contributed by atoms with E-state index in [0.29, 0.717) is 6.20 Å². The van der Waals surface area contributed by atoms with Crippen LogP contribution in [0, 0.1) is 0 Å². The van der Waals surface area contributed by atoms with Crippen LogP contribution in [0.2, 0.25) is 0 Å². The Morgan fingerprint density at radius 2 is 1.89 bits per heavy atom. The number of halogens is 3. The summed E-state index contributed by atoms with van der Waals surface area (Å²) in [4.78, 5) is 23.0. The number of carboxylic acid groups (broad SMARTS) is 1. The fourth-order valence-corrected chi connectivity index (χ4v) is 1.20. The summed E-state index contributed by atoms with van der Waals surface area (Å²) in [7, 11) is 0. The van der Waals surface area contributed by atoms with E-state index in [4.69, 9.17) is 10.2 Å². The molecule has 0 aliphatic rings. The number of aliphatic carboxylic acids is 1. The second-order valence-corrected chi connectivity index (χ2v) is 3.40. The molecule has 1 aromatic heterocycles. The van der Waals surface area contributed by atoms with Crippen LogP contribution in [0.5, 0.6) is 0 Å². The van der Waals surface area contributed by atoms with Crippen molar-refractivity contribution in [2.24, 2.45) is 0 Å². The SMILES string of the molecule is O=C(O)C(O)C(O)c1c[nH]c(=O)c(C(F)(F)F)c1. The van der Waals surface area contributed by atoms with Gasteiger partial charge in [-0.25, -0.2) is 4.79 Å². The number of nitrogens with one attached hydrogen (secondary N) is 1. The monoisotopic (exact) mass is 267 g/mol. The van der Waals surface area contributed by atoms with Gasteiger partial charge in [0.1, 0.15) is 11.7 Å². The summed E-state index contributed by atoms with van der Waals surface area (Å²) < 4.78 is 37.1. The summed E-state index contributed by atoms with van der Waals surface area (Å²) in [6.07, 6.45) is -8.62. The minimum absolute atomic E-state index is 0.287. The Hall–Kier alpha value is -1.87. The smallest absolute Gasteiger partial charge is 0.421 e. The van der Waals surface area contributed by atoms with Crippen molar-refractivity contribution < 1.29 is 33.3 Å². The van der Waals surface area contributed by atoms with Crippen molar-refractivity contribution in [2.45, 2.75) is 18.4 Å². The Morgan fingerprint density at radius 3 is 2.33 bits per heavy atom. The van der Waals surface area contributed by atoms with Crippen molar-refractivity contribution in [3.8, 4) is 0 Å². The number of hydrogen-bond acceptors (Lipinski definition) is 4. The van der Waals surface area contributed by atoms with Gasteiger partial charge in [-0.15, -0.1) is 0 Å². The molecule has 0 aliphatic carbocycles. The summed E-state index contributed by atoms with van der Waals surface area (Å²) in [5.74, 6) is -1.80. The molecular formula is C9H8F3NO5. The molecule has 1 heterocycles. The van der Waals surface area contributed by atoms with Gasteiger partial charge in [-0.3, -0.25) is 4.79 Å². The zero-order valence-corrected chi connectivity index (χ0v) is 8.60. The van der Waals surface area contributed by atoms with Crippen LogP contribution in [0.1, 0.15) is 17.2 Å². The summed E-state index contributed by atoms with van der Waals surface area (Å²) in [5, 5.41) is 26.7. The molecule has 6 nitrogen and oxygen atoms in total. The van der Waals surface area contributed by atoms with Crippen LogP contribution in [0.25, 0.3) is 0 Å². The van der Waals surface area contributed by atoms with E-state index >= 15 is 0 Å². The van der Waals surface area contributed by atoms with Crippen molar-refractivity contribution >= 4 is 5.97 Å². The summed E-state index contributed by atoms with van der Waals surface area (Å²) in [6.45, 7) is 0. The van der Waals surface area contributed by atoms with Crippen LogP contribution in [0.15, 0.2) is 17.1 Å². The summed E-state index contributed by atoms with van der Waals surface area (Å²) >= 11 is 0. The van der Waals surface area contributed by atoms with Crippen LogP contribution in [-0.4, -0.2) is 32.4 Å². The molecule has 0 spiro atoms. The van der Waals surface area contributed by atoms with Crippen LogP contribution in [0.4, 0.5) is 13.2 Å². The molecule has 0 amide bonds. The molecule has 0 radical (unpaired) electrons. The van der Waals surface area contributed by atoms with Gasteiger partial charge in [-0.1, -0.05) is 0 Å². The molecule has 0 saturated carbocycles. The first-order valence-corrected chi connectivity index (χ1v) is 4.53. The highest BCUT2D eigenvalue weighted by Crippen LogP contribution is 2.28. The van der Waals surface area contributed by atoms with Gasteiger partial charge in [0.15, 0.2) is 6.10 Å². The van der Waals surface area contributed by atoms with E-state index in [1.54, 1.807) is 4.98 Å². The Labute approximate surface area is 97.3 Å². The standard InChI is InChI=1S/C9H8F3NO5/c10-9(11,12)4-1-3(2-13-7(4)16)5(14)6(15)8(17)18/h1-2,5-6,14-15H,(H,13,16)(H,17,18). The number of aromatic amines is 1. The Morgan fingerprint density at radius 1 is 1.33 bits per heavy atom. The maximum absolute atomic E-state index is 12.4. The lowest BCUT2D eigenvalue weighted by atomic mass is 10.0. The molecule has 4 N–H and O–H groups in total. The van der Waals surface area contributed by atoms with Crippen LogP contribution in [0.3, 0.4) is 0 Å². The highest BCUT2D eigenvalue weighted by Gasteiger charge is 2.35. The normalized spacial score (nSPS) is 15.2. The first kappa shape index (κ1) is 14.2. The van der Waals surface area contributed by atoms with Gasteiger partial charge in [0.05, 0.1) is 0 Å². The molecule has 0 saturated heterocycles. The zero-order valence-electron chi connectivity index (χ0n) is 8.60. The third kappa shape index (κ3) is 2.87. The number of H-pyrrole nitrogens is 1. The number of alkyl halides is 3. The fraction of sp³-hybridized carbons (Fsp3) is 0.333. The van der Waals surface area contributed by atoms with E-state index in [-0.39, 0.29) is 6.07 Å². The molecule has 9 heteroatoms. The quantitative estimate of drug-likeness (QED) is 0.610. The topological polar surface area (TPSA) is 111 Å². The fourth-order valence-electron chi connectivity index (χ4n) is 1.20. The number of aliphatic hydroxyl groups is 2. The Bertz CT molecular complexity index is 510. The van der Waals surface area contributed by atoms with Crippen molar-refractivity contribution in [1.82, 2.24) is 4.98 Å². The number of aromatic nitrogens is 1. The van der Waals surface area contributed by atoms with Crippen LogP contribution in [-0.2, 0) is 11.0 Å². The van der Waals surface area contributed by atoms with E-state index in [0.717, 1.165) is 0 Å². The number of hydrogen-bond donors (Lipinski definition) is 4. The number of aliphatic hydroxyl groups excluding tert-OH is 2. The van der Waals surface area contributed by atoms with E-state index in [1.165, 1.54) is 0 Å². The molecular weight excluding hydrogens is 259 g/mol. The van der Waals surface area contributed by atoms with Crippen molar-refractivity contribution in [1.29, 1.82) is 0 Å². The molecule has 0 fully saturated rings. The van der Waals surface area contributed by atoms with Gasteiger partial charge >= 0.3 is 12.1 Å². The lowest BCUT2D eigenvalue weighted by molar-refractivity contribution is -0.153. The molecule has 0 bridgehead atoms. The van der Waals surface area contributed by atoms with Gasteiger partial charge in [0.2, 0.25) is 0 Å². The maximum Gasteiger partial charge on any atom is 0.421 e. The lowest BCUT2D eigenvalue weighted by Gasteiger charge is -2.15. The van der Waals surface area contributed by atoms with Crippen molar-refractivity contribution in [3.05, 3.63) is 33.7 Å². The lowest BCUT2D eigenvalue weighted by Crippen LogP contribution is -2.29. The molecule has 1 rings (SSSR count). The molecule has 2 atom stereocenters. The maximum atomic E-state index is 12.4. The predicted octanol–water partition coefficient (Wildman–Crippen LogP) is -0.127. The van der Waals surface area contributed by atoms with Crippen LogP contribution < -0.4 is 5.56 Å².